The summed E-state index contributed by atoms with van der Waals surface area (Å²) in [5.74, 6) is -1.24. The third-order valence-electron chi connectivity index (χ3n) is 2.83. The normalized spacial score (nSPS) is 10.9. The predicted molar refractivity (Wildman–Crippen MR) is 81.3 cm³/mol. The Morgan fingerprint density at radius 1 is 1.45 bits per heavy atom. The van der Waals surface area contributed by atoms with Crippen molar-refractivity contribution < 1.29 is 14.7 Å². The van der Waals surface area contributed by atoms with E-state index in [-0.39, 0.29) is 11.7 Å². The Hall–Kier alpha value is -1.52. The molecule has 1 amide bonds. The highest BCUT2D eigenvalue weighted by molar-refractivity contribution is 8.02. The number of anilines is 1. The van der Waals surface area contributed by atoms with Gasteiger partial charge in [0.05, 0.1) is 11.3 Å². The van der Waals surface area contributed by atoms with Gasteiger partial charge in [-0.15, -0.1) is 23.1 Å². The summed E-state index contributed by atoms with van der Waals surface area (Å²) in [5.41, 5.74) is 1.34. The zero-order valence-electron chi connectivity index (χ0n) is 11.7. The molecule has 0 spiro atoms. The number of aryl methyl sites for hydroxylation is 1. The number of nitriles is 1. The summed E-state index contributed by atoms with van der Waals surface area (Å²) >= 11 is 2.40. The van der Waals surface area contributed by atoms with Gasteiger partial charge in [-0.1, -0.05) is 0 Å². The van der Waals surface area contributed by atoms with Gasteiger partial charge in [0.15, 0.2) is 0 Å². The molecule has 0 radical (unpaired) electrons. The Balaban J connectivity index is 2.71. The topological polar surface area (TPSA) is 90.2 Å². The van der Waals surface area contributed by atoms with Gasteiger partial charge >= 0.3 is 5.97 Å². The van der Waals surface area contributed by atoms with E-state index in [0.29, 0.717) is 10.6 Å². The lowest BCUT2D eigenvalue weighted by molar-refractivity contribution is -0.138. The molecule has 0 aromatic carbocycles. The molecular weight excluding hydrogens is 296 g/mol. The van der Waals surface area contributed by atoms with Crippen LogP contribution in [0.4, 0.5) is 5.00 Å². The number of hydrogen-bond acceptors (Lipinski definition) is 5. The van der Waals surface area contributed by atoms with Crippen LogP contribution in [0.2, 0.25) is 0 Å². The Bertz CT molecular complexity index is 585. The number of carboxylic acid groups (broad SMARTS) is 1. The zero-order chi connectivity index (χ0) is 15.5. The molecule has 0 fully saturated rings. The third kappa shape index (κ3) is 3.74. The molecule has 20 heavy (non-hydrogen) atoms. The summed E-state index contributed by atoms with van der Waals surface area (Å²) in [4.78, 5) is 23.8. The predicted octanol–water partition coefficient (Wildman–Crippen LogP) is 2.77. The number of thioether (sulfide) groups is 1. The third-order valence-corrected chi connectivity index (χ3v) is 5.25. The molecule has 1 heterocycles. The van der Waals surface area contributed by atoms with Crippen molar-refractivity contribution in [3.63, 3.8) is 0 Å². The van der Waals surface area contributed by atoms with Gasteiger partial charge < -0.3 is 10.4 Å². The van der Waals surface area contributed by atoms with Crippen molar-refractivity contribution in [2.75, 3.05) is 11.1 Å². The van der Waals surface area contributed by atoms with Crippen LogP contribution in [0.25, 0.3) is 0 Å². The summed E-state index contributed by atoms with van der Waals surface area (Å²) in [5, 5.41) is 21.3. The molecule has 1 aromatic heterocycles. The van der Waals surface area contributed by atoms with Gasteiger partial charge in [0.2, 0.25) is 5.91 Å². The van der Waals surface area contributed by atoms with Crippen molar-refractivity contribution in [1.29, 1.82) is 5.26 Å². The number of aliphatic carboxylic acids is 1. The summed E-state index contributed by atoms with van der Waals surface area (Å²) in [7, 11) is 0. The van der Waals surface area contributed by atoms with Crippen molar-refractivity contribution in [3.05, 3.63) is 16.0 Å². The zero-order valence-corrected chi connectivity index (χ0v) is 13.4. The Morgan fingerprint density at radius 2 is 2.05 bits per heavy atom. The molecule has 0 saturated heterocycles. The number of hydrogen-bond donors (Lipinski definition) is 2. The highest BCUT2D eigenvalue weighted by Crippen LogP contribution is 2.32. The van der Waals surface area contributed by atoms with Crippen molar-refractivity contribution in [2.24, 2.45) is 0 Å². The molecule has 108 valence electrons. The number of carbonyl (C=O) groups is 2. The van der Waals surface area contributed by atoms with E-state index in [1.807, 2.05) is 13.8 Å². The fourth-order valence-corrected chi connectivity index (χ4v) is 3.03. The summed E-state index contributed by atoms with van der Waals surface area (Å²) in [6.07, 6.45) is 0. The van der Waals surface area contributed by atoms with E-state index in [1.165, 1.54) is 11.3 Å². The maximum atomic E-state index is 11.8. The average Bonchev–Trinajstić information content (AvgIpc) is 2.62. The number of nitrogens with one attached hydrogen (secondary N) is 1. The van der Waals surface area contributed by atoms with Gasteiger partial charge in [0, 0.05) is 4.88 Å². The summed E-state index contributed by atoms with van der Waals surface area (Å²) < 4.78 is -1.02. The monoisotopic (exact) mass is 312 g/mol. The number of carboxylic acids is 1. The molecule has 0 aliphatic rings. The van der Waals surface area contributed by atoms with Crippen molar-refractivity contribution >= 4 is 40.0 Å². The SMILES string of the molecule is Cc1sc(NC(=O)CSC(C)(C)C(=O)O)c(C#N)c1C. The van der Waals surface area contributed by atoms with Gasteiger partial charge in [-0.25, -0.2) is 0 Å². The first-order chi connectivity index (χ1) is 9.19. The lowest BCUT2D eigenvalue weighted by atomic mass is 10.2. The first kappa shape index (κ1) is 16.5. The maximum Gasteiger partial charge on any atom is 0.319 e. The van der Waals surface area contributed by atoms with Crippen LogP contribution in [0.5, 0.6) is 0 Å². The molecule has 0 aliphatic heterocycles. The van der Waals surface area contributed by atoms with Crippen LogP contribution in [-0.2, 0) is 9.59 Å². The minimum absolute atomic E-state index is 0.0279. The molecule has 1 aromatic rings. The van der Waals surface area contributed by atoms with Crippen LogP contribution in [0.15, 0.2) is 0 Å². The molecule has 1 rings (SSSR count). The molecular formula is C13H16N2O3S2. The van der Waals surface area contributed by atoms with E-state index < -0.39 is 10.7 Å². The van der Waals surface area contributed by atoms with E-state index in [2.05, 4.69) is 11.4 Å². The second-order valence-electron chi connectivity index (χ2n) is 4.75. The second-order valence-corrected chi connectivity index (χ2v) is 7.57. The highest BCUT2D eigenvalue weighted by atomic mass is 32.2. The average molecular weight is 312 g/mol. The van der Waals surface area contributed by atoms with E-state index >= 15 is 0 Å². The van der Waals surface area contributed by atoms with E-state index in [4.69, 9.17) is 10.4 Å². The largest absolute Gasteiger partial charge is 0.480 e. The molecule has 7 heteroatoms. The molecule has 2 N–H and O–H groups in total. The van der Waals surface area contributed by atoms with Crippen LogP contribution in [0, 0.1) is 25.2 Å². The fourth-order valence-electron chi connectivity index (χ4n) is 1.32. The van der Waals surface area contributed by atoms with Gasteiger partial charge in [0.25, 0.3) is 0 Å². The van der Waals surface area contributed by atoms with E-state index in [0.717, 1.165) is 22.2 Å². The Morgan fingerprint density at radius 3 is 2.55 bits per heavy atom. The molecule has 0 atom stereocenters. The molecule has 0 unspecified atom stereocenters. The van der Waals surface area contributed by atoms with E-state index in [9.17, 15) is 9.59 Å². The molecule has 0 saturated carbocycles. The first-order valence-corrected chi connectivity index (χ1v) is 7.66. The first-order valence-electron chi connectivity index (χ1n) is 5.86. The molecule has 0 bridgehead atoms. The maximum absolute atomic E-state index is 11.8. The minimum Gasteiger partial charge on any atom is -0.480 e. The molecule has 5 nitrogen and oxygen atoms in total. The quantitative estimate of drug-likeness (QED) is 0.872. The second kappa shape index (κ2) is 6.29. The lowest BCUT2D eigenvalue weighted by Crippen LogP contribution is -2.29. The number of amides is 1. The minimum atomic E-state index is -1.02. The van der Waals surface area contributed by atoms with Gasteiger partial charge in [-0.3, -0.25) is 9.59 Å². The molecule has 0 aliphatic carbocycles. The number of nitrogens with zero attached hydrogens (tertiary/aromatic N) is 1. The number of thiophene rings is 1. The standard InChI is InChI=1S/C13H16N2O3S2/c1-7-8(2)20-11(9(7)5-14)15-10(16)6-19-13(3,4)12(17)18/h6H2,1-4H3,(H,15,16)(H,17,18). The highest BCUT2D eigenvalue weighted by Gasteiger charge is 2.28. The number of rotatable bonds is 5. The van der Waals surface area contributed by atoms with Gasteiger partial charge in [-0.05, 0) is 33.3 Å². The van der Waals surface area contributed by atoms with Crippen LogP contribution < -0.4 is 5.32 Å². The smallest absolute Gasteiger partial charge is 0.319 e. The Kier molecular flexibility index (Phi) is 5.20. The summed E-state index contributed by atoms with van der Waals surface area (Å²) in [6.45, 7) is 6.82. The Labute approximate surface area is 126 Å². The van der Waals surface area contributed by atoms with E-state index in [1.54, 1.807) is 13.8 Å². The fraction of sp³-hybridized carbons (Fsp3) is 0.462. The van der Waals surface area contributed by atoms with Gasteiger partial charge in [0.1, 0.15) is 15.8 Å². The van der Waals surface area contributed by atoms with Crippen LogP contribution >= 0.6 is 23.1 Å². The van der Waals surface area contributed by atoms with Crippen molar-refractivity contribution in [2.45, 2.75) is 32.4 Å². The lowest BCUT2D eigenvalue weighted by Gasteiger charge is -2.17. The van der Waals surface area contributed by atoms with Crippen LogP contribution in [0.3, 0.4) is 0 Å². The van der Waals surface area contributed by atoms with Crippen molar-refractivity contribution in [1.82, 2.24) is 0 Å². The van der Waals surface area contributed by atoms with Crippen LogP contribution in [0.1, 0.15) is 29.9 Å². The summed E-state index contributed by atoms with van der Waals surface area (Å²) in [6, 6.07) is 2.08. The van der Waals surface area contributed by atoms with Crippen LogP contribution in [-0.4, -0.2) is 27.5 Å². The van der Waals surface area contributed by atoms with Gasteiger partial charge in [-0.2, -0.15) is 5.26 Å². The van der Waals surface area contributed by atoms with Crippen molar-refractivity contribution in [3.8, 4) is 6.07 Å². The number of carbonyl (C=O) groups excluding carboxylic acids is 1.